The van der Waals surface area contributed by atoms with Gasteiger partial charge in [0, 0.05) is 10.6 Å². The van der Waals surface area contributed by atoms with Crippen LogP contribution in [0.3, 0.4) is 0 Å². The lowest BCUT2D eigenvalue weighted by molar-refractivity contribution is -0.141. The van der Waals surface area contributed by atoms with Crippen molar-refractivity contribution in [1.82, 2.24) is 0 Å². The van der Waals surface area contributed by atoms with E-state index < -0.39 is 6.04 Å². The summed E-state index contributed by atoms with van der Waals surface area (Å²) in [6.45, 7) is 0. The average Bonchev–Trinajstić information content (AvgIpc) is 2.90. The zero-order valence-corrected chi connectivity index (χ0v) is 10.2. The highest BCUT2D eigenvalue weighted by atomic mass is 32.1. The maximum absolute atomic E-state index is 11.7. The molecule has 1 aromatic carbocycles. The Hall–Kier alpha value is -1.81. The number of para-hydroxylation sites is 1. The quantitative estimate of drug-likeness (QED) is 0.844. The van der Waals surface area contributed by atoms with Crippen molar-refractivity contribution in [2.45, 2.75) is 6.04 Å². The highest BCUT2D eigenvalue weighted by Gasteiger charge is 2.21. The maximum atomic E-state index is 11.7. The summed E-state index contributed by atoms with van der Waals surface area (Å²) in [6.07, 6.45) is 0. The van der Waals surface area contributed by atoms with Gasteiger partial charge in [0.05, 0.1) is 7.11 Å². The number of esters is 1. The first-order chi connectivity index (χ1) is 8.31. The highest BCUT2D eigenvalue weighted by molar-refractivity contribution is 7.10. The molecule has 0 aliphatic heterocycles. The van der Waals surface area contributed by atoms with Crippen LogP contribution in [0.5, 0.6) is 0 Å². The molecule has 0 radical (unpaired) electrons. The molecule has 17 heavy (non-hydrogen) atoms. The van der Waals surface area contributed by atoms with E-state index in [2.05, 4.69) is 5.32 Å². The molecule has 2 rings (SSSR count). The number of carbonyl (C=O) groups excluding carboxylic acids is 1. The zero-order chi connectivity index (χ0) is 12.1. The van der Waals surface area contributed by atoms with Gasteiger partial charge in [-0.3, -0.25) is 0 Å². The Labute approximate surface area is 104 Å². The highest BCUT2D eigenvalue weighted by Crippen LogP contribution is 2.24. The molecule has 1 aromatic heterocycles. The fourth-order valence-corrected chi connectivity index (χ4v) is 2.28. The van der Waals surface area contributed by atoms with E-state index in [4.69, 9.17) is 4.74 Å². The standard InChI is InChI=1S/C13H13NO2S/c1-16-13(15)12(11-8-5-9-17-11)14-10-6-3-2-4-7-10/h2-9,12,14H,1H3. The number of rotatable bonds is 4. The first-order valence-corrected chi connectivity index (χ1v) is 6.12. The smallest absolute Gasteiger partial charge is 0.333 e. The summed E-state index contributed by atoms with van der Waals surface area (Å²) in [5, 5.41) is 5.11. The summed E-state index contributed by atoms with van der Waals surface area (Å²) in [6, 6.07) is 13.0. The van der Waals surface area contributed by atoms with Crippen LogP contribution in [0.25, 0.3) is 0 Å². The topological polar surface area (TPSA) is 38.3 Å². The minimum absolute atomic E-state index is 0.281. The van der Waals surface area contributed by atoms with Gasteiger partial charge in [-0.05, 0) is 23.6 Å². The van der Waals surface area contributed by atoms with Crippen LogP contribution in [0, 0.1) is 0 Å². The largest absolute Gasteiger partial charge is 0.467 e. The fourth-order valence-electron chi connectivity index (χ4n) is 1.52. The molecule has 1 N–H and O–H groups in total. The van der Waals surface area contributed by atoms with Crippen LogP contribution in [-0.2, 0) is 9.53 Å². The lowest BCUT2D eigenvalue weighted by atomic mass is 10.2. The second-order valence-corrected chi connectivity index (χ2v) is 4.46. The number of carbonyl (C=O) groups is 1. The maximum Gasteiger partial charge on any atom is 0.333 e. The number of benzene rings is 1. The number of nitrogens with one attached hydrogen (secondary N) is 1. The van der Waals surface area contributed by atoms with Gasteiger partial charge in [-0.15, -0.1) is 11.3 Å². The molecule has 0 amide bonds. The first-order valence-electron chi connectivity index (χ1n) is 5.24. The third-order valence-electron chi connectivity index (χ3n) is 2.35. The molecule has 2 aromatic rings. The number of methoxy groups -OCH3 is 1. The summed E-state index contributed by atoms with van der Waals surface area (Å²) < 4.78 is 4.81. The summed E-state index contributed by atoms with van der Waals surface area (Å²) in [5.41, 5.74) is 0.899. The van der Waals surface area contributed by atoms with Crippen molar-refractivity contribution in [2.75, 3.05) is 12.4 Å². The average molecular weight is 247 g/mol. The van der Waals surface area contributed by atoms with E-state index in [1.54, 1.807) is 0 Å². The van der Waals surface area contributed by atoms with Crippen LogP contribution in [0.15, 0.2) is 47.8 Å². The van der Waals surface area contributed by atoms with E-state index in [9.17, 15) is 4.79 Å². The molecule has 88 valence electrons. The molecular weight excluding hydrogens is 234 g/mol. The van der Waals surface area contributed by atoms with Gasteiger partial charge in [0.25, 0.3) is 0 Å². The van der Waals surface area contributed by atoms with Crippen LogP contribution < -0.4 is 5.32 Å². The van der Waals surface area contributed by atoms with Crippen molar-refractivity contribution in [3.63, 3.8) is 0 Å². The Balaban J connectivity index is 2.20. The molecule has 3 nitrogen and oxygen atoms in total. The molecule has 1 unspecified atom stereocenters. The number of hydrogen-bond donors (Lipinski definition) is 1. The van der Waals surface area contributed by atoms with E-state index in [-0.39, 0.29) is 5.97 Å². The minimum atomic E-state index is -0.442. The molecular formula is C13H13NO2S. The third kappa shape index (κ3) is 2.85. The van der Waals surface area contributed by atoms with Gasteiger partial charge >= 0.3 is 5.97 Å². The Morgan fingerprint density at radius 1 is 1.24 bits per heavy atom. The summed E-state index contributed by atoms with van der Waals surface area (Å²) in [4.78, 5) is 12.7. The molecule has 0 bridgehead atoms. The van der Waals surface area contributed by atoms with E-state index in [0.29, 0.717) is 0 Å². The van der Waals surface area contributed by atoms with Gasteiger partial charge in [-0.25, -0.2) is 4.79 Å². The van der Waals surface area contributed by atoms with Gasteiger partial charge in [0.15, 0.2) is 6.04 Å². The molecule has 0 saturated carbocycles. The Morgan fingerprint density at radius 3 is 2.59 bits per heavy atom. The van der Waals surface area contributed by atoms with Crippen LogP contribution in [0.1, 0.15) is 10.9 Å². The molecule has 1 heterocycles. The Bertz CT molecular complexity index is 467. The van der Waals surface area contributed by atoms with Crippen LogP contribution in [0.4, 0.5) is 5.69 Å². The summed E-state index contributed by atoms with van der Waals surface area (Å²) in [5.74, 6) is -0.281. The van der Waals surface area contributed by atoms with E-state index >= 15 is 0 Å². The minimum Gasteiger partial charge on any atom is -0.467 e. The van der Waals surface area contributed by atoms with Crippen molar-refractivity contribution in [3.05, 3.63) is 52.7 Å². The fraction of sp³-hybridized carbons (Fsp3) is 0.154. The summed E-state index contributed by atoms with van der Waals surface area (Å²) >= 11 is 1.53. The molecule has 1 atom stereocenters. The van der Waals surface area contributed by atoms with E-state index in [1.165, 1.54) is 18.4 Å². The van der Waals surface area contributed by atoms with Gasteiger partial charge in [-0.1, -0.05) is 24.3 Å². The zero-order valence-electron chi connectivity index (χ0n) is 9.42. The second kappa shape index (κ2) is 5.50. The van der Waals surface area contributed by atoms with Crippen molar-refractivity contribution < 1.29 is 9.53 Å². The molecule has 0 saturated heterocycles. The van der Waals surface area contributed by atoms with Gasteiger partial charge in [0.2, 0.25) is 0 Å². The lowest BCUT2D eigenvalue weighted by Gasteiger charge is -2.16. The van der Waals surface area contributed by atoms with Gasteiger partial charge in [0.1, 0.15) is 0 Å². The van der Waals surface area contributed by atoms with Crippen LogP contribution in [-0.4, -0.2) is 13.1 Å². The number of hydrogen-bond acceptors (Lipinski definition) is 4. The lowest BCUT2D eigenvalue weighted by Crippen LogP contribution is -2.21. The van der Waals surface area contributed by atoms with Gasteiger partial charge in [-0.2, -0.15) is 0 Å². The van der Waals surface area contributed by atoms with E-state index in [0.717, 1.165) is 10.6 Å². The third-order valence-corrected chi connectivity index (χ3v) is 3.29. The Morgan fingerprint density at radius 2 is 2.00 bits per heavy atom. The van der Waals surface area contributed by atoms with Crippen molar-refractivity contribution in [2.24, 2.45) is 0 Å². The number of ether oxygens (including phenoxy) is 1. The normalized spacial score (nSPS) is 11.8. The number of thiophene rings is 1. The molecule has 0 aliphatic carbocycles. The SMILES string of the molecule is COC(=O)C(Nc1ccccc1)c1cccs1. The summed E-state index contributed by atoms with van der Waals surface area (Å²) in [7, 11) is 1.40. The monoisotopic (exact) mass is 247 g/mol. The van der Waals surface area contributed by atoms with Crippen molar-refractivity contribution in [3.8, 4) is 0 Å². The second-order valence-electron chi connectivity index (χ2n) is 3.48. The number of anilines is 1. The molecule has 0 spiro atoms. The van der Waals surface area contributed by atoms with E-state index in [1.807, 2.05) is 47.8 Å². The van der Waals surface area contributed by atoms with Crippen LogP contribution >= 0.6 is 11.3 Å². The predicted molar refractivity (Wildman–Crippen MR) is 69.1 cm³/mol. The van der Waals surface area contributed by atoms with Crippen molar-refractivity contribution in [1.29, 1.82) is 0 Å². The molecule has 0 aliphatic rings. The molecule has 4 heteroatoms. The van der Waals surface area contributed by atoms with Crippen LogP contribution in [0.2, 0.25) is 0 Å². The predicted octanol–water partition coefficient (Wildman–Crippen LogP) is 3.07. The first kappa shape index (κ1) is 11.7. The molecule has 0 fully saturated rings. The van der Waals surface area contributed by atoms with Crippen molar-refractivity contribution >= 4 is 23.0 Å². The Kier molecular flexibility index (Phi) is 3.77. The van der Waals surface area contributed by atoms with Gasteiger partial charge < -0.3 is 10.1 Å².